The van der Waals surface area contributed by atoms with Crippen LogP contribution in [0.15, 0.2) is 24.3 Å². The number of carbonyl (C=O) groups is 1. The molecule has 2 nitrogen and oxygen atoms in total. The minimum atomic E-state index is -0.243. The highest BCUT2D eigenvalue weighted by Gasteiger charge is 2.30. The molecular weight excluding hydrogens is 296 g/mol. The van der Waals surface area contributed by atoms with Crippen molar-refractivity contribution < 1.29 is 9.53 Å². The Morgan fingerprint density at radius 3 is 1.96 bits per heavy atom. The van der Waals surface area contributed by atoms with Gasteiger partial charge < -0.3 is 4.74 Å². The quantitative estimate of drug-likeness (QED) is 0.637. The summed E-state index contributed by atoms with van der Waals surface area (Å²) in [6.07, 6.45) is 12.7. The summed E-state index contributed by atoms with van der Waals surface area (Å²) in [6, 6.07) is 8.09. The van der Waals surface area contributed by atoms with E-state index in [1.807, 2.05) is 12.1 Å². The van der Waals surface area contributed by atoms with Gasteiger partial charge >= 0.3 is 5.97 Å². The molecule has 1 aromatic rings. The number of ether oxygens (including phenoxy) is 1. The van der Waals surface area contributed by atoms with E-state index in [1.165, 1.54) is 70.5 Å². The molecule has 24 heavy (non-hydrogen) atoms. The Hall–Kier alpha value is -1.31. The molecule has 2 saturated carbocycles. The average Bonchev–Trinajstić information content (AvgIpc) is 2.68. The van der Waals surface area contributed by atoms with E-state index in [9.17, 15) is 4.79 Å². The first-order valence-corrected chi connectivity index (χ1v) is 9.89. The number of esters is 1. The lowest BCUT2D eigenvalue weighted by atomic mass is 9.68. The lowest BCUT2D eigenvalue weighted by Crippen LogP contribution is -2.25. The molecule has 0 atom stereocenters. The SMILES string of the molecule is CCC1CCC(C2CCC(c3ccc(C(=O)OC)cc3)CC2)CC1. The van der Waals surface area contributed by atoms with Gasteiger partial charge in [-0.15, -0.1) is 0 Å². The lowest BCUT2D eigenvalue weighted by Gasteiger charge is -2.38. The minimum absolute atomic E-state index is 0.243. The smallest absolute Gasteiger partial charge is 0.337 e. The molecule has 2 heteroatoms. The van der Waals surface area contributed by atoms with E-state index < -0.39 is 0 Å². The third kappa shape index (κ3) is 4.02. The van der Waals surface area contributed by atoms with Crippen LogP contribution in [0.3, 0.4) is 0 Å². The van der Waals surface area contributed by atoms with Gasteiger partial charge in [-0.1, -0.05) is 38.3 Å². The molecule has 1 aromatic carbocycles. The first kappa shape index (κ1) is 17.5. The van der Waals surface area contributed by atoms with Crippen LogP contribution in [0, 0.1) is 17.8 Å². The summed E-state index contributed by atoms with van der Waals surface area (Å²) in [6.45, 7) is 2.35. The lowest BCUT2D eigenvalue weighted by molar-refractivity contribution is 0.0600. The molecule has 2 fully saturated rings. The van der Waals surface area contributed by atoms with Crippen molar-refractivity contribution in [2.24, 2.45) is 17.8 Å². The highest BCUT2D eigenvalue weighted by Crippen LogP contribution is 2.44. The molecule has 0 unspecified atom stereocenters. The third-order valence-corrected chi connectivity index (χ3v) is 6.71. The molecule has 0 amide bonds. The molecule has 0 radical (unpaired) electrons. The molecule has 0 saturated heterocycles. The number of rotatable bonds is 4. The van der Waals surface area contributed by atoms with Gasteiger partial charge in [-0.2, -0.15) is 0 Å². The molecule has 0 spiro atoms. The fraction of sp³-hybridized carbons (Fsp3) is 0.682. The summed E-state index contributed by atoms with van der Waals surface area (Å²) in [7, 11) is 1.44. The van der Waals surface area contributed by atoms with Gasteiger partial charge in [0.05, 0.1) is 12.7 Å². The van der Waals surface area contributed by atoms with Crippen molar-refractivity contribution in [3.8, 4) is 0 Å². The Morgan fingerprint density at radius 1 is 0.917 bits per heavy atom. The first-order chi connectivity index (χ1) is 11.7. The molecular formula is C22H32O2. The third-order valence-electron chi connectivity index (χ3n) is 6.71. The first-order valence-electron chi connectivity index (χ1n) is 9.89. The van der Waals surface area contributed by atoms with E-state index in [0.29, 0.717) is 11.5 Å². The van der Waals surface area contributed by atoms with Gasteiger partial charge in [0, 0.05) is 0 Å². The topological polar surface area (TPSA) is 26.3 Å². The van der Waals surface area contributed by atoms with Crippen LogP contribution < -0.4 is 0 Å². The normalized spacial score (nSPS) is 30.8. The van der Waals surface area contributed by atoms with Crippen molar-refractivity contribution in [3.63, 3.8) is 0 Å². The fourth-order valence-corrected chi connectivity index (χ4v) is 5.00. The number of carbonyl (C=O) groups excluding carboxylic acids is 1. The maximum atomic E-state index is 11.5. The van der Waals surface area contributed by atoms with E-state index in [4.69, 9.17) is 4.74 Å². The van der Waals surface area contributed by atoms with Crippen molar-refractivity contribution in [3.05, 3.63) is 35.4 Å². The number of hydrogen-bond donors (Lipinski definition) is 0. The Bertz CT molecular complexity index is 517. The van der Waals surface area contributed by atoms with Crippen LogP contribution in [-0.4, -0.2) is 13.1 Å². The van der Waals surface area contributed by atoms with E-state index in [1.54, 1.807) is 0 Å². The Morgan fingerprint density at radius 2 is 1.46 bits per heavy atom. The van der Waals surface area contributed by atoms with E-state index in [2.05, 4.69) is 19.1 Å². The van der Waals surface area contributed by atoms with Crippen LogP contribution in [0.1, 0.15) is 86.6 Å². The van der Waals surface area contributed by atoms with Gasteiger partial charge in [-0.05, 0) is 79.9 Å². The summed E-state index contributed by atoms with van der Waals surface area (Å²) >= 11 is 0. The summed E-state index contributed by atoms with van der Waals surface area (Å²) in [5, 5.41) is 0. The zero-order valence-corrected chi connectivity index (χ0v) is 15.3. The van der Waals surface area contributed by atoms with Gasteiger partial charge in [-0.25, -0.2) is 4.79 Å². The molecule has 0 N–H and O–H groups in total. The van der Waals surface area contributed by atoms with Gasteiger partial charge in [-0.3, -0.25) is 0 Å². The van der Waals surface area contributed by atoms with Crippen molar-refractivity contribution >= 4 is 5.97 Å². The standard InChI is InChI=1S/C22H32O2/c1-3-16-4-6-17(7-5-16)18-8-10-19(11-9-18)20-12-14-21(15-13-20)22(23)24-2/h12-19H,3-11H2,1-2H3. The van der Waals surface area contributed by atoms with Crippen LogP contribution in [0.4, 0.5) is 0 Å². The van der Waals surface area contributed by atoms with Crippen LogP contribution >= 0.6 is 0 Å². The molecule has 2 aliphatic rings. The predicted octanol–water partition coefficient (Wildman–Crippen LogP) is 5.96. The second-order valence-corrected chi connectivity index (χ2v) is 7.91. The molecule has 2 aliphatic carbocycles. The van der Waals surface area contributed by atoms with Gasteiger partial charge in [0.1, 0.15) is 0 Å². The monoisotopic (exact) mass is 328 g/mol. The molecule has 0 aliphatic heterocycles. The summed E-state index contributed by atoms with van der Waals surface area (Å²) in [4.78, 5) is 11.5. The summed E-state index contributed by atoms with van der Waals surface area (Å²) in [5.74, 6) is 3.41. The van der Waals surface area contributed by atoms with Crippen LogP contribution in [0.2, 0.25) is 0 Å². The summed E-state index contributed by atoms with van der Waals surface area (Å²) in [5.41, 5.74) is 2.05. The largest absolute Gasteiger partial charge is 0.465 e. The molecule has 0 aromatic heterocycles. The van der Waals surface area contributed by atoms with Crippen molar-refractivity contribution in [2.45, 2.75) is 70.6 Å². The van der Waals surface area contributed by atoms with E-state index in [-0.39, 0.29) is 5.97 Å². The number of methoxy groups -OCH3 is 1. The predicted molar refractivity (Wildman–Crippen MR) is 98.2 cm³/mol. The second-order valence-electron chi connectivity index (χ2n) is 7.91. The van der Waals surface area contributed by atoms with Crippen LogP contribution in [0.25, 0.3) is 0 Å². The van der Waals surface area contributed by atoms with Gasteiger partial charge in [0.15, 0.2) is 0 Å². The van der Waals surface area contributed by atoms with Crippen molar-refractivity contribution in [1.82, 2.24) is 0 Å². The van der Waals surface area contributed by atoms with E-state index >= 15 is 0 Å². The van der Waals surface area contributed by atoms with Crippen LogP contribution in [0.5, 0.6) is 0 Å². The van der Waals surface area contributed by atoms with Crippen molar-refractivity contribution in [1.29, 1.82) is 0 Å². The maximum absolute atomic E-state index is 11.5. The zero-order valence-electron chi connectivity index (χ0n) is 15.3. The average molecular weight is 328 g/mol. The number of benzene rings is 1. The minimum Gasteiger partial charge on any atom is -0.465 e. The fourth-order valence-electron chi connectivity index (χ4n) is 5.00. The van der Waals surface area contributed by atoms with Crippen LogP contribution in [-0.2, 0) is 4.74 Å². The summed E-state index contributed by atoms with van der Waals surface area (Å²) < 4.78 is 4.78. The Balaban J connectivity index is 1.51. The van der Waals surface area contributed by atoms with Gasteiger partial charge in [0.25, 0.3) is 0 Å². The number of hydrogen-bond acceptors (Lipinski definition) is 2. The van der Waals surface area contributed by atoms with Crippen molar-refractivity contribution in [2.75, 3.05) is 7.11 Å². The highest BCUT2D eigenvalue weighted by molar-refractivity contribution is 5.89. The maximum Gasteiger partial charge on any atom is 0.337 e. The van der Waals surface area contributed by atoms with E-state index in [0.717, 1.165) is 17.8 Å². The Labute approximate surface area is 147 Å². The molecule has 0 heterocycles. The second kappa shape index (κ2) is 8.18. The molecule has 132 valence electrons. The zero-order chi connectivity index (χ0) is 16.9. The van der Waals surface area contributed by atoms with Gasteiger partial charge in [0.2, 0.25) is 0 Å². The Kier molecular flexibility index (Phi) is 5.97. The molecule has 3 rings (SSSR count). The molecule has 0 bridgehead atoms. The highest BCUT2D eigenvalue weighted by atomic mass is 16.5.